The van der Waals surface area contributed by atoms with Crippen LogP contribution in [0.4, 0.5) is 8.78 Å². The summed E-state index contributed by atoms with van der Waals surface area (Å²) >= 11 is 0. The summed E-state index contributed by atoms with van der Waals surface area (Å²) in [4.78, 5) is 6.61. The van der Waals surface area contributed by atoms with Crippen LogP contribution >= 0.6 is 0 Å². The van der Waals surface area contributed by atoms with Crippen LogP contribution in [0.5, 0.6) is 0 Å². The third-order valence-corrected chi connectivity index (χ3v) is 2.10. The summed E-state index contributed by atoms with van der Waals surface area (Å²) in [5.41, 5.74) is 0.898. The van der Waals surface area contributed by atoms with Crippen LogP contribution in [-0.4, -0.2) is 15.1 Å². The SMILES string of the molecule is Cc1c(F)c(F)cc2[nH]c(CO)nc12. The lowest BCUT2D eigenvalue weighted by molar-refractivity contribution is 0.273. The van der Waals surface area contributed by atoms with E-state index < -0.39 is 11.6 Å². The van der Waals surface area contributed by atoms with Crippen LogP contribution in [-0.2, 0) is 6.61 Å². The molecule has 0 aliphatic rings. The van der Waals surface area contributed by atoms with Gasteiger partial charge in [0.1, 0.15) is 12.4 Å². The molecular formula is C9H8F2N2O. The van der Waals surface area contributed by atoms with E-state index >= 15 is 0 Å². The first-order valence-electron chi connectivity index (χ1n) is 4.07. The number of nitrogens with zero attached hydrogens (tertiary/aromatic N) is 1. The molecule has 1 aromatic carbocycles. The van der Waals surface area contributed by atoms with Gasteiger partial charge in [-0.3, -0.25) is 0 Å². The van der Waals surface area contributed by atoms with Gasteiger partial charge >= 0.3 is 0 Å². The van der Waals surface area contributed by atoms with E-state index in [0.29, 0.717) is 16.9 Å². The Morgan fingerprint density at radius 2 is 2.21 bits per heavy atom. The monoisotopic (exact) mass is 198 g/mol. The number of aromatic nitrogens is 2. The van der Waals surface area contributed by atoms with Crippen molar-refractivity contribution in [3.05, 3.63) is 29.1 Å². The summed E-state index contributed by atoms with van der Waals surface area (Å²) in [5.74, 6) is -1.51. The number of aliphatic hydroxyl groups excluding tert-OH is 1. The third-order valence-electron chi connectivity index (χ3n) is 2.10. The van der Waals surface area contributed by atoms with Crippen LogP contribution in [0.15, 0.2) is 6.07 Å². The van der Waals surface area contributed by atoms with Crippen molar-refractivity contribution in [2.45, 2.75) is 13.5 Å². The van der Waals surface area contributed by atoms with Crippen LogP contribution in [0, 0.1) is 18.6 Å². The first kappa shape index (κ1) is 9.08. The fourth-order valence-corrected chi connectivity index (χ4v) is 1.38. The van der Waals surface area contributed by atoms with Crippen LogP contribution in [0.25, 0.3) is 11.0 Å². The van der Waals surface area contributed by atoms with Gasteiger partial charge < -0.3 is 10.1 Å². The number of aryl methyl sites for hydroxylation is 1. The molecule has 0 saturated heterocycles. The van der Waals surface area contributed by atoms with Gasteiger partial charge in [-0.15, -0.1) is 0 Å². The Kier molecular flexibility index (Phi) is 1.96. The smallest absolute Gasteiger partial charge is 0.164 e. The Morgan fingerprint density at radius 3 is 2.86 bits per heavy atom. The highest BCUT2D eigenvalue weighted by molar-refractivity contribution is 5.78. The number of hydrogen-bond acceptors (Lipinski definition) is 2. The molecule has 3 nitrogen and oxygen atoms in total. The summed E-state index contributed by atoms with van der Waals surface area (Å²) in [6.45, 7) is 1.17. The van der Waals surface area contributed by atoms with E-state index in [4.69, 9.17) is 5.11 Å². The minimum absolute atomic E-state index is 0.149. The quantitative estimate of drug-likeness (QED) is 0.731. The number of H-pyrrole nitrogens is 1. The first-order chi connectivity index (χ1) is 6.63. The number of rotatable bonds is 1. The maximum atomic E-state index is 13.1. The summed E-state index contributed by atoms with van der Waals surface area (Å²) in [6, 6.07) is 1.03. The van der Waals surface area contributed by atoms with E-state index in [0.717, 1.165) is 6.07 Å². The van der Waals surface area contributed by atoms with E-state index in [1.807, 2.05) is 0 Å². The van der Waals surface area contributed by atoms with Crippen molar-refractivity contribution >= 4 is 11.0 Å². The van der Waals surface area contributed by atoms with Gasteiger partial charge in [0.15, 0.2) is 11.6 Å². The van der Waals surface area contributed by atoms with E-state index in [1.165, 1.54) is 6.92 Å². The molecule has 0 amide bonds. The normalized spacial score (nSPS) is 11.1. The van der Waals surface area contributed by atoms with Gasteiger partial charge in [-0.1, -0.05) is 0 Å². The second kappa shape index (κ2) is 3.02. The minimum Gasteiger partial charge on any atom is -0.388 e. The summed E-state index contributed by atoms with van der Waals surface area (Å²) in [6.07, 6.45) is 0. The largest absolute Gasteiger partial charge is 0.388 e. The van der Waals surface area contributed by atoms with E-state index in [2.05, 4.69) is 9.97 Å². The van der Waals surface area contributed by atoms with Gasteiger partial charge in [0.25, 0.3) is 0 Å². The molecule has 0 spiro atoms. The van der Waals surface area contributed by atoms with E-state index in [1.54, 1.807) is 0 Å². The molecule has 0 bridgehead atoms. The van der Waals surface area contributed by atoms with Crippen LogP contribution in [0.3, 0.4) is 0 Å². The zero-order chi connectivity index (χ0) is 10.3. The van der Waals surface area contributed by atoms with Crippen LogP contribution < -0.4 is 0 Å². The number of benzene rings is 1. The van der Waals surface area contributed by atoms with Gasteiger partial charge in [-0.05, 0) is 6.92 Å². The molecular weight excluding hydrogens is 190 g/mol. The molecule has 0 unspecified atom stereocenters. The standard InChI is InChI=1S/C9H8F2N2O/c1-4-8(11)5(10)2-6-9(4)13-7(3-14)12-6/h2,14H,3H2,1H3,(H,12,13). The van der Waals surface area contributed by atoms with Crippen molar-refractivity contribution in [2.24, 2.45) is 0 Å². The Hall–Kier alpha value is -1.49. The van der Waals surface area contributed by atoms with Gasteiger partial charge in [0.05, 0.1) is 11.0 Å². The topological polar surface area (TPSA) is 48.9 Å². The Morgan fingerprint density at radius 1 is 1.50 bits per heavy atom. The van der Waals surface area contributed by atoms with Gasteiger partial charge in [0.2, 0.25) is 0 Å². The highest BCUT2D eigenvalue weighted by Crippen LogP contribution is 2.21. The van der Waals surface area contributed by atoms with Gasteiger partial charge in [-0.25, -0.2) is 13.8 Å². The molecule has 2 aromatic rings. The fourth-order valence-electron chi connectivity index (χ4n) is 1.38. The van der Waals surface area contributed by atoms with Gasteiger partial charge in [-0.2, -0.15) is 0 Å². The number of imidazole rings is 1. The molecule has 0 fully saturated rings. The number of fused-ring (bicyclic) bond motifs is 1. The highest BCUT2D eigenvalue weighted by Gasteiger charge is 2.13. The molecule has 2 N–H and O–H groups in total. The number of hydrogen-bond donors (Lipinski definition) is 2. The molecule has 14 heavy (non-hydrogen) atoms. The van der Waals surface area contributed by atoms with Crippen molar-refractivity contribution < 1.29 is 13.9 Å². The number of halogens is 2. The van der Waals surface area contributed by atoms with Crippen LogP contribution in [0.1, 0.15) is 11.4 Å². The Balaban J connectivity index is 2.81. The molecule has 0 atom stereocenters. The molecule has 2 rings (SSSR count). The molecule has 0 aliphatic carbocycles. The van der Waals surface area contributed by atoms with E-state index in [9.17, 15) is 8.78 Å². The molecule has 5 heteroatoms. The molecule has 0 saturated carbocycles. The first-order valence-corrected chi connectivity index (χ1v) is 4.07. The van der Waals surface area contributed by atoms with Gasteiger partial charge in [0, 0.05) is 11.6 Å². The highest BCUT2D eigenvalue weighted by atomic mass is 19.2. The maximum Gasteiger partial charge on any atom is 0.164 e. The molecule has 1 aromatic heterocycles. The number of aliphatic hydroxyl groups is 1. The zero-order valence-electron chi connectivity index (χ0n) is 7.43. The number of aromatic amines is 1. The Labute approximate surface area is 78.4 Å². The van der Waals surface area contributed by atoms with Crippen molar-refractivity contribution in [3.63, 3.8) is 0 Å². The predicted molar refractivity (Wildman–Crippen MR) is 46.7 cm³/mol. The molecule has 74 valence electrons. The fraction of sp³-hybridized carbons (Fsp3) is 0.222. The zero-order valence-corrected chi connectivity index (χ0v) is 7.43. The molecule has 0 aliphatic heterocycles. The lowest BCUT2D eigenvalue weighted by atomic mass is 10.2. The van der Waals surface area contributed by atoms with Crippen molar-refractivity contribution in [1.82, 2.24) is 9.97 Å². The molecule has 0 radical (unpaired) electrons. The second-order valence-electron chi connectivity index (χ2n) is 3.04. The lowest BCUT2D eigenvalue weighted by Gasteiger charge is -1.97. The van der Waals surface area contributed by atoms with Crippen molar-refractivity contribution in [2.75, 3.05) is 0 Å². The maximum absolute atomic E-state index is 13.1. The second-order valence-corrected chi connectivity index (χ2v) is 3.04. The molecule has 1 heterocycles. The summed E-state index contributed by atoms with van der Waals surface area (Å²) in [7, 11) is 0. The summed E-state index contributed by atoms with van der Waals surface area (Å²) in [5, 5.41) is 8.79. The predicted octanol–water partition coefficient (Wildman–Crippen LogP) is 1.64. The third kappa shape index (κ3) is 1.17. The van der Waals surface area contributed by atoms with Crippen molar-refractivity contribution in [1.29, 1.82) is 0 Å². The average Bonchev–Trinajstić information content (AvgIpc) is 2.57. The minimum atomic E-state index is -0.914. The Bertz CT molecular complexity index is 493. The lowest BCUT2D eigenvalue weighted by Crippen LogP contribution is -1.90. The van der Waals surface area contributed by atoms with E-state index in [-0.39, 0.29) is 12.2 Å². The average molecular weight is 198 g/mol. The number of nitrogens with one attached hydrogen (secondary N) is 1. The summed E-state index contributed by atoms with van der Waals surface area (Å²) < 4.78 is 26.0. The van der Waals surface area contributed by atoms with Crippen LogP contribution in [0.2, 0.25) is 0 Å². The van der Waals surface area contributed by atoms with Crippen molar-refractivity contribution in [3.8, 4) is 0 Å².